The van der Waals surface area contributed by atoms with Gasteiger partial charge in [0.2, 0.25) is 0 Å². The Balaban J connectivity index is 4.75. The Morgan fingerprint density at radius 2 is 1.41 bits per heavy atom. The second-order valence-electron chi connectivity index (χ2n) is 5.74. The lowest BCUT2D eigenvalue weighted by atomic mass is 9.96. The van der Waals surface area contributed by atoms with E-state index in [1.165, 1.54) is 0 Å². The molecular weight excluding hydrogens is 220 g/mol. The third-order valence-corrected chi connectivity index (χ3v) is 1.93. The van der Waals surface area contributed by atoms with E-state index >= 15 is 0 Å². The van der Waals surface area contributed by atoms with Crippen LogP contribution in [0.5, 0.6) is 0 Å². The van der Waals surface area contributed by atoms with Crippen LogP contribution in [0.3, 0.4) is 0 Å². The molecule has 1 unspecified atom stereocenters. The van der Waals surface area contributed by atoms with Crippen molar-refractivity contribution >= 4 is 11.9 Å². The molecule has 0 fully saturated rings. The summed E-state index contributed by atoms with van der Waals surface area (Å²) in [5, 5.41) is 0. The van der Waals surface area contributed by atoms with Gasteiger partial charge in [0.15, 0.2) is 5.92 Å². The largest absolute Gasteiger partial charge is 0.462 e. The van der Waals surface area contributed by atoms with Crippen molar-refractivity contribution in [2.24, 2.45) is 11.8 Å². The lowest BCUT2D eigenvalue weighted by molar-refractivity contribution is -0.173. The van der Waals surface area contributed by atoms with Crippen molar-refractivity contribution in [2.75, 3.05) is 0 Å². The Labute approximate surface area is 104 Å². The van der Waals surface area contributed by atoms with Crippen LogP contribution in [0.25, 0.3) is 0 Å². The number of rotatable bonds is 4. The minimum Gasteiger partial charge on any atom is -0.462 e. The molecular formula is C13H24O4. The highest BCUT2D eigenvalue weighted by Gasteiger charge is 2.35. The molecule has 0 aliphatic rings. The van der Waals surface area contributed by atoms with E-state index in [-0.39, 0.29) is 12.0 Å². The summed E-state index contributed by atoms with van der Waals surface area (Å²) in [6, 6.07) is 0. The van der Waals surface area contributed by atoms with Gasteiger partial charge in [0.05, 0.1) is 6.10 Å². The van der Waals surface area contributed by atoms with E-state index in [0.717, 1.165) is 0 Å². The predicted octanol–water partition coefficient (Wildman–Crippen LogP) is 2.55. The number of carbonyl (C=O) groups excluding carboxylic acids is 2. The molecule has 0 heterocycles. The topological polar surface area (TPSA) is 52.6 Å². The summed E-state index contributed by atoms with van der Waals surface area (Å²) >= 11 is 0. The van der Waals surface area contributed by atoms with Crippen molar-refractivity contribution < 1.29 is 19.1 Å². The van der Waals surface area contributed by atoms with Crippen molar-refractivity contribution in [1.29, 1.82) is 0 Å². The molecule has 17 heavy (non-hydrogen) atoms. The number of hydrogen-bond acceptors (Lipinski definition) is 4. The molecule has 0 bridgehead atoms. The quantitative estimate of drug-likeness (QED) is 0.563. The van der Waals surface area contributed by atoms with Gasteiger partial charge in [0.25, 0.3) is 0 Å². The van der Waals surface area contributed by atoms with Crippen LogP contribution < -0.4 is 0 Å². The van der Waals surface area contributed by atoms with Crippen LogP contribution >= 0.6 is 0 Å². The third kappa shape index (κ3) is 6.29. The number of hydrogen-bond donors (Lipinski definition) is 0. The highest BCUT2D eigenvalue weighted by molar-refractivity contribution is 5.95. The van der Waals surface area contributed by atoms with Crippen molar-refractivity contribution in [3.63, 3.8) is 0 Å². The Hall–Kier alpha value is -1.06. The van der Waals surface area contributed by atoms with Crippen molar-refractivity contribution in [1.82, 2.24) is 0 Å². The molecule has 0 amide bonds. The first-order chi connectivity index (χ1) is 7.54. The molecule has 0 aliphatic carbocycles. The van der Waals surface area contributed by atoms with Gasteiger partial charge in [-0.25, -0.2) is 0 Å². The average Bonchev–Trinajstić information content (AvgIpc) is 1.96. The van der Waals surface area contributed by atoms with E-state index < -0.39 is 23.5 Å². The Morgan fingerprint density at radius 3 is 1.71 bits per heavy atom. The molecule has 0 aromatic heterocycles. The molecule has 0 spiro atoms. The summed E-state index contributed by atoms with van der Waals surface area (Å²) in [6.07, 6.45) is -0.230. The highest BCUT2D eigenvalue weighted by atomic mass is 16.6. The number of carbonyl (C=O) groups is 2. The molecule has 0 saturated heterocycles. The van der Waals surface area contributed by atoms with E-state index in [1.807, 2.05) is 0 Å². The lowest BCUT2D eigenvalue weighted by Crippen LogP contribution is -2.37. The van der Waals surface area contributed by atoms with Crippen LogP contribution in [0, 0.1) is 11.8 Å². The minimum absolute atomic E-state index is 0.143. The van der Waals surface area contributed by atoms with Crippen molar-refractivity contribution in [3.05, 3.63) is 0 Å². The van der Waals surface area contributed by atoms with Gasteiger partial charge in [-0.1, -0.05) is 13.8 Å². The molecule has 0 aromatic rings. The zero-order chi connectivity index (χ0) is 13.8. The van der Waals surface area contributed by atoms with Gasteiger partial charge in [-0.15, -0.1) is 0 Å². The van der Waals surface area contributed by atoms with Gasteiger partial charge >= 0.3 is 11.9 Å². The summed E-state index contributed by atoms with van der Waals surface area (Å²) in [5.74, 6) is -2.02. The van der Waals surface area contributed by atoms with E-state index in [0.29, 0.717) is 0 Å². The molecule has 0 aliphatic heterocycles. The Morgan fingerprint density at radius 1 is 0.941 bits per heavy atom. The zero-order valence-electron chi connectivity index (χ0n) is 11.9. The molecule has 100 valence electrons. The van der Waals surface area contributed by atoms with E-state index in [2.05, 4.69) is 0 Å². The fourth-order valence-electron chi connectivity index (χ4n) is 1.31. The van der Waals surface area contributed by atoms with Crippen molar-refractivity contribution in [2.45, 2.75) is 60.2 Å². The second-order valence-corrected chi connectivity index (χ2v) is 5.74. The molecule has 4 heteroatoms. The fraction of sp³-hybridized carbons (Fsp3) is 0.846. The normalized spacial score (nSPS) is 13.7. The van der Waals surface area contributed by atoms with Crippen LogP contribution in [0.15, 0.2) is 0 Å². The first-order valence-corrected chi connectivity index (χ1v) is 5.98. The van der Waals surface area contributed by atoms with Gasteiger partial charge in [-0.2, -0.15) is 0 Å². The molecule has 0 saturated carbocycles. The van der Waals surface area contributed by atoms with Crippen molar-refractivity contribution in [3.8, 4) is 0 Å². The molecule has 0 N–H and O–H groups in total. The van der Waals surface area contributed by atoms with E-state index in [9.17, 15) is 9.59 Å². The third-order valence-electron chi connectivity index (χ3n) is 1.93. The fourth-order valence-corrected chi connectivity index (χ4v) is 1.31. The van der Waals surface area contributed by atoms with Gasteiger partial charge in [0.1, 0.15) is 5.60 Å². The predicted molar refractivity (Wildman–Crippen MR) is 65.4 cm³/mol. The average molecular weight is 244 g/mol. The summed E-state index contributed by atoms with van der Waals surface area (Å²) < 4.78 is 10.3. The number of ether oxygens (including phenoxy) is 2. The molecule has 0 rings (SSSR count). The van der Waals surface area contributed by atoms with Gasteiger partial charge < -0.3 is 9.47 Å². The maximum absolute atomic E-state index is 11.9. The number of esters is 2. The molecule has 0 radical (unpaired) electrons. The summed E-state index contributed by atoms with van der Waals surface area (Å²) in [6.45, 7) is 12.4. The first-order valence-electron chi connectivity index (χ1n) is 5.98. The lowest BCUT2D eigenvalue weighted by Gasteiger charge is -2.25. The highest BCUT2D eigenvalue weighted by Crippen LogP contribution is 2.19. The van der Waals surface area contributed by atoms with Crippen LogP contribution in [-0.4, -0.2) is 23.6 Å². The summed E-state index contributed by atoms with van der Waals surface area (Å²) in [7, 11) is 0. The van der Waals surface area contributed by atoms with Crippen LogP contribution in [-0.2, 0) is 19.1 Å². The Kier molecular flexibility index (Phi) is 5.66. The standard InChI is InChI=1S/C13H24O4/c1-8(2)10(11(14)16-9(3)4)12(15)17-13(5,6)7/h8-10H,1-7H3. The van der Waals surface area contributed by atoms with Crippen LogP contribution in [0.2, 0.25) is 0 Å². The SMILES string of the molecule is CC(C)OC(=O)C(C(=O)OC(C)(C)C)C(C)C. The van der Waals surface area contributed by atoms with Gasteiger partial charge in [0, 0.05) is 0 Å². The zero-order valence-corrected chi connectivity index (χ0v) is 11.9. The van der Waals surface area contributed by atoms with E-state index in [4.69, 9.17) is 9.47 Å². The van der Waals surface area contributed by atoms with Gasteiger partial charge in [-0.3, -0.25) is 9.59 Å². The monoisotopic (exact) mass is 244 g/mol. The van der Waals surface area contributed by atoms with Gasteiger partial charge in [-0.05, 0) is 40.5 Å². The minimum atomic E-state index is -0.850. The summed E-state index contributed by atoms with van der Waals surface area (Å²) in [4.78, 5) is 23.7. The molecule has 0 aromatic carbocycles. The Bertz CT molecular complexity index is 274. The summed E-state index contributed by atoms with van der Waals surface area (Å²) in [5.41, 5.74) is -0.595. The first kappa shape index (κ1) is 15.9. The maximum atomic E-state index is 11.9. The van der Waals surface area contributed by atoms with Crippen LogP contribution in [0.1, 0.15) is 48.5 Å². The smallest absolute Gasteiger partial charge is 0.321 e. The molecule has 4 nitrogen and oxygen atoms in total. The molecule has 1 atom stereocenters. The van der Waals surface area contributed by atoms with Crippen LogP contribution in [0.4, 0.5) is 0 Å². The second kappa shape index (κ2) is 6.03. The maximum Gasteiger partial charge on any atom is 0.321 e. The van der Waals surface area contributed by atoms with E-state index in [1.54, 1.807) is 48.5 Å².